The summed E-state index contributed by atoms with van der Waals surface area (Å²) in [6.45, 7) is 3.95. The van der Waals surface area contributed by atoms with Gasteiger partial charge in [-0.2, -0.15) is 0 Å². The molecular formula is C22H24ClN3O2. The first kappa shape index (κ1) is 17.7. The van der Waals surface area contributed by atoms with Crippen molar-refractivity contribution < 1.29 is 9.21 Å². The number of benzene rings is 1. The molecule has 0 spiro atoms. The number of nitrogens with zero attached hydrogens (tertiary/aromatic N) is 3. The maximum absolute atomic E-state index is 13.3. The minimum Gasteiger partial charge on any atom is -0.463 e. The van der Waals surface area contributed by atoms with Crippen LogP contribution in [0.4, 0.5) is 5.69 Å². The smallest absolute Gasteiger partial charge is 0.270 e. The summed E-state index contributed by atoms with van der Waals surface area (Å²) in [6, 6.07) is 11.8. The molecule has 1 saturated heterocycles. The van der Waals surface area contributed by atoms with Gasteiger partial charge in [0.05, 0.1) is 11.8 Å². The minimum absolute atomic E-state index is 0.108. The highest BCUT2D eigenvalue weighted by Crippen LogP contribution is 2.31. The zero-order chi connectivity index (χ0) is 19.1. The Morgan fingerprint density at radius 3 is 2.64 bits per heavy atom. The van der Waals surface area contributed by atoms with Gasteiger partial charge >= 0.3 is 0 Å². The molecule has 5 rings (SSSR count). The van der Waals surface area contributed by atoms with Gasteiger partial charge in [0, 0.05) is 55.6 Å². The lowest BCUT2D eigenvalue weighted by Crippen LogP contribution is -2.49. The van der Waals surface area contributed by atoms with Gasteiger partial charge in [0.25, 0.3) is 5.91 Å². The number of rotatable bonds is 4. The van der Waals surface area contributed by atoms with E-state index in [1.54, 1.807) is 6.26 Å². The van der Waals surface area contributed by atoms with Gasteiger partial charge in [-0.15, -0.1) is 0 Å². The molecule has 0 radical (unpaired) electrons. The van der Waals surface area contributed by atoms with E-state index in [-0.39, 0.29) is 5.91 Å². The molecule has 146 valence electrons. The first-order valence-corrected chi connectivity index (χ1v) is 10.4. The molecule has 0 N–H and O–H groups in total. The Hall–Kier alpha value is -2.40. The second kappa shape index (κ2) is 7.21. The van der Waals surface area contributed by atoms with Crippen molar-refractivity contribution in [3.63, 3.8) is 0 Å². The minimum atomic E-state index is 0.108. The maximum Gasteiger partial charge on any atom is 0.270 e. The molecule has 2 aliphatic rings. The first-order valence-electron chi connectivity index (χ1n) is 10.1. The molecule has 3 aromatic rings. The van der Waals surface area contributed by atoms with E-state index in [1.807, 2.05) is 35.2 Å². The third kappa shape index (κ3) is 3.18. The summed E-state index contributed by atoms with van der Waals surface area (Å²) in [7, 11) is 0. The number of halogens is 1. The van der Waals surface area contributed by atoms with Crippen molar-refractivity contribution in [3.8, 4) is 0 Å². The summed E-state index contributed by atoms with van der Waals surface area (Å²) < 4.78 is 7.76. The Kier molecular flexibility index (Phi) is 4.55. The van der Waals surface area contributed by atoms with E-state index in [1.165, 1.54) is 19.3 Å². The highest BCUT2D eigenvalue weighted by Gasteiger charge is 2.28. The molecule has 1 aromatic carbocycles. The van der Waals surface area contributed by atoms with Crippen LogP contribution in [0.25, 0.3) is 11.1 Å². The van der Waals surface area contributed by atoms with Gasteiger partial charge in [-0.05, 0) is 37.0 Å². The summed E-state index contributed by atoms with van der Waals surface area (Å²) in [5, 5.41) is 0.743. The number of carbonyl (C=O) groups is 1. The lowest BCUT2D eigenvalue weighted by molar-refractivity contribution is 0.0734. The number of furan rings is 1. The van der Waals surface area contributed by atoms with Crippen molar-refractivity contribution >= 4 is 34.3 Å². The summed E-state index contributed by atoms with van der Waals surface area (Å²) in [5.74, 6) is 0.785. The average molecular weight is 398 g/mol. The average Bonchev–Trinajstić information content (AvgIpc) is 3.26. The van der Waals surface area contributed by atoms with E-state index < -0.39 is 0 Å². The number of fused-ring (bicyclic) bond motifs is 1. The predicted molar refractivity (Wildman–Crippen MR) is 111 cm³/mol. The quantitative estimate of drug-likeness (QED) is 0.643. The van der Waals surface area contributed by atoms with E-state index in [4.69, 9.17) is 16.0 Å². The van der Waals surface area contributed by atoms with Crippen molar-refractivity contribution in [3.05, 3.63) is 53.4 Å². The van der Waals surface area contributed by atoms with E-state index in [9.17, 15) is 4.79 Å². The Bertz CT molecular complexity index is 996. The molecule has 5 nitrogen and oxygen atoms in total. The molecule has 1 aliphatic heterocycles. The molecule has 6 heteroatoms. The molecule has 2 fully saturated rings. The van der Waals surface area contributed by atoms with Gasteiger partial charge in [-0.3, -0.25) is 4.79 Å². The Balaban J connectivity index is 1.33. The van der Waals surface area contributed by atoms with E-state index >= 15 is 0 Å². The summed E-state index contributed by atoms with van der Waals surface area (Å²) in [6.07, 6.45) is 5.52. The van der Waals surface area contributed by atoms with Gasteiger partial charge in [0.2, 0.25) is 0 Å². The molecule has 0 bridgehead atoms. The van der Waals surface area contributed by atoms with Crippen LogP contribution in [-0.4, -0.2) is 41.6 Å². The van der Waals surface area contributed by atoms with Gasteiger partial charge in [0.1, 0.15) is 5.69 Å². The molecule has 3 heterocycles. The van der Waals surface area contributed by atoms with E-state index in [2.05, 4.69) is 15.5 Å². The zero-order valence-corrected chi connectivity index (χ0v) is 16.6. The third-order valence-corrected chi connectivity index (χ3v) is 6.38. The molecule has 28 heavy (non-hydrogen) atoms. The second-order valence-electron chi connectivity index (χ2n) is 7.87. The number of hydrogen-bond acceptors (Lipinski definition) is 3. The number of hydrogen-bond donors (Lipinski definition) is 0. The summed E-state index contributed by atoms with van der Waals surface area (Å²) in [5.41, 5.74) is 3.72. The zero-order valence-electron chi connectivity index (χ0n) is 15.8. The lowest BCUT2D eigenvalue weighted by atomic mass is 9.85. The van der Waals surface area contributed by atoms with Crippen LogP contribution in [-0.2, 0) is 6.54 Å². The molecule has 0 atom stereocenters. The fourth-order valence-corrected chi connectivity index (χ4v) is 4.47. The number of piperazine rings is 1. The standard InChI is InChI=1S/C22H24ClN3O2/c23-17-5-2-6-18(13-17)24-8-10-25(11-9-24)22(27)20-14-21-19(7-12-28-21)26(20)15-16-3-1-4-16/h2,5-7,12-14,16H,1,3-4,8-11,15H2. The van der Waals surface area contributed by atoms with Crippen LogP contribution in [0.15, 0.2) is 47.1 Å². The Morgan fingerprint density at radius 1 is 1.11 bits per heavy atom. The molecule has 1 aliphatic carbocycles. The van der Waals surface area contributed by atoms with Crippen LogP contribution in [0.3, 0.4) is 0 Å². The highest BCUT2D eigenvalue weighted by atomic mass is 35.5. The largest absolute Gasteiger partial charge is 0.463 e. The Labute approximate surface area is 169 Å². The van der Waals surface area contributed by atoms with Crippen molar-refractivity contribution in [2.24, 2.45) is 5.92 Å². The Morgan fingerprint density at radius 2 is 1.93 bits per heavy atom. The molecule has 2 aromatic heterocycles. The number of carbonyl (C=O) groups excluding carboxylic acids is 1. The fourth-order valence-electron chi connectivity index (χ4n) is 4.29. The van der Waals surface area contributed by atoms with Crippen molar-refractivity contribution in [1.29, 1.82) is 0 Å². The van der Waals surface area contributed by atoms with Gasteiger partial charge in [-0.25, -0.2) is 0 Å². The monoisotopic (exact) mass is 397 g/mol. The predicted octanol–water partition coefficient (Wildman–Crippen LogP) is 4.65. The normalized spacial score (nSPS) is 17.9. The second-order valence-corrected chi connectivity index (χ2v) is 8.30. The number of anilines is 1. The maximum atomic E-state index is 13.3. The van der Waals surface area contributed by atoms with Crippen LogP contribution >= 0.6 is 11.6 Å². The number of amides is 1. The van der Waals surface area contributed by atoms with Gasteiger partial charge < -0.3 is 18.8 Å². The van der Waals surface area contributed by atoms with Crippen molar-refractivity contribution in [2.75, 3.05) is 31.1 Å². The summed E-state index contributed by atoms with van der Waals surface area (Å²) >= 11 is 6.12. The van der Waals surface area contributed by atoms with Crippen LogP contribution in [0.1, 0.15) is 29.8 Å². The molecule has 1 amide bonds. The topological polar surface area (TPSA) is 41.6 Å². The van der Waals surface area contributed by atoms with Gasteiger partial charge in [-0.1, -0.05) is 24.1 Å². The van der Waals surface area contributed by atoms with Crippen LogP contribution in [0.5, 0.6) is 0 Å². The van der Waals surface area contributed by atoms with Crippen molar-refractivity contribution in [1.82, 2.24) is 9.47 Å². The van der Waals surface area contributed by atoms with E-state index in [0.29, 0.717) is 19.0 Å². The third-order valence-electron chi connectivity index (χ3n) is 6.15. The van der Waals surface area contributed by atoms with Crippen LogP contribution in [0, 0.1) is 5.92 Å². The van der Waals surface area contributed by atoms with E-state index in [0.717, 1.165) is 47.1 Å². The lowest BCUT2D eigenvalue weighted by Gasteiger charge is -2.36. The van der Waals surface area contributed by atoms with Crippen LogP contribution in [0.2, 0.25) is 5.02 Å². The molecule has 0 unspecified atom stereocenters. The molecule has 1 saturated carbocycles. The first-order chi connectivity index (χ1) is 13.7. The van der Waals surface area contributed by atoms with Crippen LogP contribution < -0.4 is 4.90 Å². The summed E-state index contributed by atoms with van der Waals surface area (Å²) in [4.78, 5) is 17.5. The SMILES string of the molecule is O=C(c1cc2occc2n1CC1CCC1)N1CCN(c2cccc(Cl)c2)CC1. The fraction of sp³-hybridized carbons (Fsp3) is 0.409. The van der Waals surface area contributed by atoms with Gasteiger partial charge in [0.15, 0.2) is 5.58 Å². The van der Waals surface area contributed by atoms with Crippen molar-refractivity contribution in [2.45, 2.75) is 25.8 Å². The highest BCUT2D eigenvalue weighted by molar-refractivity contribution is 6.30. The molecular weight excluding hydrogens is 374 g/mol. The number of aromatic nitrogens is 1.